The zero-order chi connectivity index (χ0) is 20.8. The smallest absolute Gasteiger partial charge is 0.266 e. The molecule has 1 aliphatic heterocycles. The summed E-state index contributed by atoms with van der Waals surface area (Å²) in [5.41, 5.74) is 3.24. The molecule has 2 aromatic carbocycles. The Kier molecular flexibility index (Phi) is 7.34. The van der Waals surface area contributed by atoms with Crippen LogP contribution in [0.2, 0.25) is 0 Å². The van der Waals surface area contributed by atoms with Crippen LogP contribution in [-0.4, -0.2) is 34.9 Å². The Morgan fingerprint density at radius 3 is 2.48 bits per heavy atom. The van der Waals surface area contributed by atoms with Crippen molar-refractivity contribution in [2.75, 3.05) is 19.8 Å². The summed E-state index contributed by atoms with van der Waals surface area (Å²) in [6.07, 6.45) is 2.62. The molecular formula is C23H25NO3S2. The lowest BCUT2D eigenvalue weighted by atomic mass is 10.1. The van der Waals surface area contributed by atoms with Gasteiger partial charge in [-0.2, -0.15) is 0 Å². The number of aryl methyl sites for hydroxylation is 2. The third-order valence-electron chi connectivity index (χ3n) is 4.53. The minimum atomic E-state index is -0.0424. The first-order valence-corrected chi connectivity index (χ1v) is 10.9. The lowest BCUT2D eigenvalue weighted by Gasteiger charge is -2.12. The molecule has 1 heterocycles. The van der Waals surface area contributed by atoms with Crippen molar-refractivity contribution in [3.05, 3.63) is 64.1 Å². The number of likely N-dealkylation sites (N-methyl/N-ethyl adjacent to an activating group) is 1. The summed E-state index contributed by atoms with van der Waals surface area (Å²) >= 11 is 6.62. The van der Waals surface area contributed by atoms with Crippen LogP contribution in [0, 0.1) is 13.8 Å². The second kappa shape index (κ2) is 9.94. The molecule has 0 aliphatic carbocycles. The van der Waals surface area contributed by atoms with Crippen molar-refractivity contribution in [3.63, 3.8) is 0 Å². The van der Waals surface area contributed by atoms with Crippen LogP contribution in [0.5, 0.6) is 11.5 Å². The van der Waals surface area contributed by atoms with Gasteiger partial charge in [-0.25, -0.2) is 0 Å². The lowest BCUT2D eigenvalue weighted by Crippen LogP contribution is -2.27. The van der Waals surface area contributed by atoms with Crippen LogP contribution in [0.3, 0.4) is 0 Å². The van der Waals surface area contributed by atoms with Crippen LogP contribution < -0.4 is 9.47 Å². The van der Waals surface area contributed by atoms with Crippen LogP contribution in [0.1, 0.15) is 30.0 Å². The Morgan fingerprint density at radius 2 is 1.79 bits per heavy atom. The molecule has 6 heteroatoms. The van der Waals surface area contributed by atoms with Crippen LogP contribution in [-0.2, 0) is 4.79 Å². The molecule has 1 amide bonds. The molecule has 152 valence electrons. The molecule has 0 unspecified atom stereocenters. The Hall–Kier alpha value is -2.31. The maximum absolute atomic E-state index is 12.4. The highest BCUT2D eigenvalue weighted by Gasteiger charge is 2.30. The Labute approximate surface area is 181 Å². The first-order chi connectivity index (χ1) is 14.0. The van der Waals surface area contributed by atoms with Gasteiger partial charge in [0, 0.05) is 18.5 Å². The summed E-state index contributed by atoms with van der Waals surface area (Å²) in [5.74, 6) is 1.62. The minimum Gasteiger partial charge on any atom is -0.493 e. The number of hydrogen-bond acceptors (Lipinski definition) is 5. The van der Waals surface area contributed by atoms with Crippen LogP contribution >= 0.6 is 24.0 Å². The summed E-state index contributed by atoms with van der Waals surface area (Å²) in [7, 11) is 0. The van der Waals surface area contributed by atoms with Crippen molar-refractivity contribution in [2.45, 2.75) is 27.2 Å². The summed E-state index contributed by atoms with van der Waals surface area (Å²) < 4.78 is 12.4. The van der Waals surface area contributed by atoms with E-state index in [-0.39, 0.29) is 5.91 Å². The number of amides is 1. The first kappa shape index (κ1) is 21.4. The van der Waals surface area contributed by atoms with Crippen molar-refractivity contribution in [1.29, 1.82) is 0 Å². The van der Waals surface area contributed by atoms with E-state index in [0.29, 0.717) is 29.0 Å². The molecular weight excluding hydrogens is 402 g/mol. The SMILES string of the molecule is CCN1C(=O)/C(=C/c2ccccc2OCCCOc2ccc(C)cc2C)SC1=S. The molecule has 3 rings (SSSR count). The molecule has 0 radical (unpaired) electrons. The predicted molar refractivity (Wildman–Crippen MR) is 124 cm³/mol. The van der Waals surface area contributed by atoms with E-state index in [1.54, 1.807) is 4.90 Å². The van der Waals surface area contributed by atoms with Gasteiger partial charge in [-0.15, -0.1) is 0 Å². The number of hydrogen-bond donors (Lipinski definition) is 0. The third kappa shape index (κ3) is 5.40. The number of carbonyl (C=O) groups is 1. The van der Waals surface area contributed by atoms with E-state index in [9.17, 15) is 4.79 Å². The Morgan fingerprint density at radius 1 is 1.07 bits per heavy atom. The number of para-hydroxylation sites is 1. The largest absolute Gasteiger partial charge is 0.493 e. The topological polar surface area (TPSA) is 38.8 Å². The maximum atomic E-state index is 12.4. The van der Waals surface area contributed by atoms with Crippen LogP contribution in [0.25, 0.3) is 6.08 Å². The van der Waals surface area contributed by atoms with Gasteiger partial charge in [0.15, 0.2) is 0 Å². The molecule has 0 N–H and O–H groups in total. The van der Waals surface area contributed by atoms with Gasteiger partial charge < -0.3 is 9.47 Å². The molecule has 1 aliphatic rings. The monoisotopic (exact) mass is 427 g/mol. The highest BCUT2D eigenvalue weighted by Crippen LogP contribution is 2.34. The van der Waals surface area contributed by atoms with Gasteiger partial charge >= 0.3 is 0 Å². The molecule has 1 saturated heterocycles. The molecule has 4 nitrogen and oxygen atoms in total. The average molecular weight is 428 g/mol. The van der Waals surface area contributed by atoms with Gasteiger partial charge in [-0.05, 0) is 44.5 Å². The minimum absolute atomic E-state index is 0.0424. The van der Waals surface area contributed by atoms with Crippen molar-refractivity contribution in [2.24, 2.45) is 0 Å². The van der Waals surface area contributed by atoms with E-state index < -0.39 is 0 Å². The number of benzene rings is 2. The number of nitrogens with zero attached hydrogens (tertiary/aromatic N) is 1. The molecule has 1 fully saturated rings. The van der Waals surface area contributed by atoms with Gasteiger partial charge in [-0.1, -0.05) is 59.9 Å². The summed E-state index contributed by atoms with van der Waals surface area (Å²) in [5, 5.41) is 0. The fraction of sp³-hybridized carbons (Fsp3) is 0.304. The second-order valence-electron chi connectivity index (χ2n) is 6.78. The molecule has 29 heavy (non-hydrogen) atoms. The molecule has 0 saturated carbocycles. The number of thiocarbonyl (C=S) groups is 1. The fourth-order valence-electron chi connectivity index (χ4n) is 3.03. The molecule has 0 aromatic heterocycles. The lowest BCUT2D eigenvalue weighted by molar-refractivity contribution is -0.121. The van der Waals surface area contributed by atoms with Crippen molar-refractivity contribution in [3.8, 4) is 11.5 Å². The van der Waals surface area contributed by atoms with Gasteiger partial charge in [0.1, 0.15) is 15.8 Å². The Balaban J connectivity index is 1.57. The van der Waals surface area contributed by atoms with E-state index in [4.69, 9.17) is 21.7 Å². The van der Waals surface area contributed by atoms with E-state index in [1.807, 2.05) is 43.3 Å². The summed E-state index contributed by atoms with van der Waals surface area (Å²) in [6, 6.07) is 13.9. The number of carbonyl (C=O) groups excluding carboxylic acids is 1. The maximum Gasteiger partial charge on any atom is 0.266 e. The summed E-state index contributed by atoms with van der Waals surface area (Å²) in [6.45, 7) is 7.75. The standard InChI is InChI=1S/C23H25NO3S2/c1-4-24-22(25)21(29-23(24)28)15-18-8-5-6-9-20(18)27-13-7-12-26-19-11-10-16(2)14-17(19)3/h5-6,8-11,14-15H,4,7,12-13H2,1-3H3/b21-15-. The second-order valence-corrected chi connectivity index (χ2v) is 8.46. The molecule has 0 atom stereocenters. The zero-order valence-electron chi connectivity index (χ0n) is 16.9. The average Bonchev–Trinajstić information content (AvgIpc) is 2.96. The van der Waals surface area contributed by atoms with Gasteiger partial charge in [0.2, 0.25) is 0 Å². The first-order valence-electron chi connectivity index (χ1n) is 9.67. The zero-order valence-corrected chi connectivity index (χ0v) is 18.6. The van der Waals surface area contributed by atoms with Crippen molar-refractivity contribution in [1.82, 2.24) is 4.90 Å². The normalized spacial score (nSPS) is 15.3. The number of ether oxygens (including phenoxy) is 2. The van der Waals surface area contributed by atoms with Crippen LogP contribution in [0.15, 0.2) is 47.4 Å². The van der Waals surface area contributed by atoms with Crippen LogP contribution in [0.4, 0.5) is 0 Å². The molecule has 2 aromatic rings. The number of rotatable bonds is 8. The van der Waals surface area contributed by atoms with Crippen molar-refractivity contribution >= 4 is 40.3 Å². The Bertz CT molecular complexity index is 939. The van der Waals surface area contributed by atoms with E-state index in [2.05, 4.69) is 26.0 Å². The van der Waals surface area contributed by atoms with E-state index in [0.717, 1.165) is 29.0 Å². The molecule has 0 spiro atoms. The van der Waals surface area contributed by atoms with Gasteiger partial charge in [0.05, 0.1) is 18.1 Å². The summed E-state index contributed by atoms with van der Waals surface area (Å²) in [4.78, 5) is 14.7. The predicted octanol–water partition coefficient (Wildman–Crippen LogP) is 5.37. The molecule has 0 bridgehead atoms. The third-order valence-corrected chi connectivity index (χ3v) is 5.91. The van der Waals surface area contributed by atoms with Gasteiger partial charge in [0.25, 0.3) is 5.91 Å². The van der Waals surface area contributed by atoms with E-state index in [1.165, 1.54) is 17.3 Å². The van der Waals surface area contributed by atoms with Gasteiger partial charge in [-0.3, -0.25) is 9.69 Å². The van der Waals surface area contributed by atoms with Crippen molar-refractivity contribution < 1.29 is 14.3 Å². The van der Waals surface area contributed by atoms with E-state index >= 15 is 0 Å². The highest BCUT2D eigenvalue weighted by atomic mass is 32.2. The number of thioether (sulfide) groups is 1. The quantitative estimate of drug-likeness (QED) is 0.322. The highest BCUT2D eigenvalue weighted by molar-refractivity contribution is 8.26. The fourth-order valence-corrected chi connectivity index (χ4v) is 4.40.